The molecule has 0 radical (unpaired) electrons. The third kappa shape index (κ3) is 4.62. The van der Waals surface area contributed by atoms with E-state index in [9.17, 15) is 0 Å². The van der Waals surface area contributed by atoms with Crippen LogP contribution in [0.3, 0.4) is 0 Å². The van der Waals surface area contributed by atoms with Crippen LogP contribution in [0.2, 0.25) is 19.6 Å². The highest BCUT2D eigenvalue weighted by Gasteiger charge is 2.12. The third-order valence-electron chi connectivity index (χ3n) is 6.04. The van der Waals surface area contributed by atoms with E-state index in [2.05, 4.69) is 82.4 Å². The number of fused-ring (bicyclic) bond motifs is 3. The molecule has 0 aliphatic carbocycles. The van der Waals surface area contributed by atoms with Crippen LogP contribution in [-0.2, 0) is 6.54 Å². The summed E-state index contributed by atoms with van der Waals surface area (Å²) in [5.41, 5.74) is 9.85. The van der Waals surface area contributed by atoms with Gasteiger partial charge in [-0.25, -0.2) is 9.97 Å². The van der Waals surface area contributed by atoms with E-state index in [-0.39, 0.29) is 0 Å². The Balaban J connectivity index is 1.45. The number of hydrogen-bond acceptors (Lipinski definition) is 3. The maximum absolute atomic E-state index is 4.70. The Hall–Kier alpha value is -2.94. The van der Waals surface area contributed by atoms with Gasteiger partial charge in [0, 0.05) is 29.1 Å². The lowest BCUT2D eigenvalue weighted by molar-refractivity contribution is 0.221. The summed E-state index contributed by atoms with van der Waals surface area (Å²) in [5.74, 6) is 3.28. The van der Waals surface area contributed by atoms with Crippen LogP contribution in [-0.4, -0.2) is 41.0 Å². The number of hydrogen-bond donors (Lipinski definition) is 1. The number of piperidine rings is 1. The van der Waals surface area contributed by atoms with Crippen LogP contribution in [0.15, 0.2) is 48.8 Å². The van der Waals surface area contributed by atoms with Gasteiger partial charge < -0.3 is 4.98 Å². The lowest BCUT2D eigenvalue weighted by Crippen LogP contribution is -2.28. The number of rotatable bonds is 3. The van der Waals surface area contributed by atoms with Gasteiger partial charge in [-0.15, -0.1) is 5.54 Å². The summed E-state index contributed by atoms with van der Waals surface area (Å²) in [4.78, 5) is 15.2. The van der Waals surface area contributed by atoms with Gasteiger partial charge in [0.2, 0.25) is 0 Å². The van der Waals surface area contributed by atoms with Crippen molar-refractivity contribution in [1.82, 2.24) is 19.9 Å². The second-order valence-corrected chi connectivity index (χ2v) is 14.6. The van der Waals surface area contributed by atoms with Crippen molar-refractivity contribution in [2.45, 2.75) is 45.4 Å². The molecule has 3 aromatic heterocycles. The van der Waals surface area contributed by atoms with Crippen molar-refractivity contribution in [3.8, 4) is 22.6 Å². The Labute approximate surface area is 191 Å². The van der Waals surface area contributed by atoms with Gasteiger partial charge >= 0.3 is 0 Å². The van der Waals surface area contributed by atoms with Crippen LogP contribution in [0.25, 0.3) is 33.1 Å². The lowest BCUT2D eigenvalue weighted by Gasteiger charge is -2.26. The van der Waals surface area contributed by atoms with Gasteiger partial charge in [-0.05, 0) is 49.2 Å². The fourth-order valence-corrected chi connectivity index (χ4v) is 4.83. The second-order valence-electron chi connectivity index (χ2n) is 9.89. The smallest absolute Gasteiger partial charge is 0.138 e. The molecule has 0 unspecified atom stereocenters. The zero-order valence-corrected chi connectivity index (χ0v) is 20.2. The fraction of sp³-hybridized carbons (Fsp3) is 0.333. The molecule has 5 rings (SSSR count). The Kier molecular flexibility index (Phi) is 5.58. The molecule has 1 saturated heterocycles. The molecule has 5 heteroatoms. The van der Waals surface area contributed by atoms with Gasteiger partial charge in [0.1, 0.15) is 19.4 Å². The van der Waals surface area contributed by atoms with Crippen molar-refractivity contribution >= 4 is 30.0 Å². The summed E-state index contributed by atoms with van der Waals surface area (Å²) in [5, 5.41) is 2.25. The van der Waals surface area contributed by atoms with Gasteiger partial charge in [0.05, 0.1) is 11.7 Å². The van der Waals surface area contributed by atoms with Crippen molar-refractivity contribution in [2.24, 2.45) is 0 Å². The molecule has 0 saturated carbocycles. The largest absolute Gasteiger partial charge is 0.338 e. The Morgan fingerprint density at radius 3 is 2.44 bits per heavy atom. The average molecular weight is 439 g/mol. The maximum Gasteiger partial charge on any atom is 0.138 e. The van der Waals surface area contributed by atoms with Gasteiger partial charge in [-0.1, -0.05) is 56.2 Å². The van der Waals surface area contributed by atoms with E-state index in [0.717, 1.165) is 39.7 Å². The van der Waals surface area contributed by atoms with Crippen LogP contribution >= 0.6 is 0 Å². The van der Waals surface area contributed by atoms with Crippen LogP contribution in [0.5, 0.6) is 0 Å². The highest BCUT2D eigenvalue weighted by atomic mass is 28.3. The number of likely N-dealkylation sites (tertiary alicyclic amines) is 1. The summed E-state index contributed by atoms with van der Waals surface area (Å²) < 4.78 is 0. The Bertz CT molecular complexity index is 1310. The number of pyridine rings is 2. The van der Waals surface area contributed by atoms with Gasteiger partial charge in [-0.3, -0.25) is 4.90 Å². The minimum Gasteiger partial charge on any atom is -0.338 e. The first-order valence-electron chi connectivity index (χ1n) is 11.6. The van der Waals surface area contributed by atoms with E-state index in [0.29, 0.717) is 0 Å². The van der Waals surface area contributed by atoms with E-state index >= 15 is 0 Å². The first kappa shape index (κ1) is 20.9. The molecule has 0 bridgehead atoms. The third-order valence-corrected chi connectivity index (χ3v) is 6.92. The normalized spacial score (nSPS) is 15.1. The zero-order chi connectivity index (χ0) is 22.1. The molecule has 1 fully saturated rings. The highest BCUT2D eigenvalue weighted by molar-refractivity contribution is 6.83. The molecule has 1 N–H and O–H groups in total. The van der Waals surface area contributed by atoms with E-state index in [4.69, 9.17) is 4.98 Å². The minimum atomic E-state index is -1.44. The number of aromatic nitrogens is 3. The molecule has 0 atom stereocenters. The molecular weight excluding hydrogens is 408 g/mol. The van der Waals surface area contributed by atoms with Gasteiger partial charge in [-0.2, -0.15) is 0 Å². The summed E-state index contributed by atoms with van der Waals surface area (Å²) in [6.07, 6.45) is 7.86. The predicted molar refractivity (Wildman–Crippen MR) is 136 cm³/mol. The van der Waals surface area contributed by atoms with Crippen molar-refractivity contribution in [3.63, 3.8) is 0 Å². The standard InChI is InChI=1S/C27H30N4Si/c1-32(2,3)14-11-23-16-24-25-15-22(17-29-27(25)30-26(24)18-28-23)21-9-7-20(8-10-21)19-31-12-5-4-6-13-31/h7-10,15-18H,4-6,12-13,19H2,1-3H3,(H,29,30). The highest BCUT2D eigenvalue weighted by Crippen LogP contribution is 2.29. The molecule has 1 aliphatic heterocycles. The molecule has 4 nitrogen and oxygen atoms in total. The van der Waals surface area contributed by atoms with Crippen LogP contribution < -0.4 is 0 Å². The molecule has 4 aromatic rings. The average Bonchev–Trinajstić information content (AvgIpc) is 3.16. The topological polar surface area (TPSA) is 44.8 Å². The summed E-state index contributed by atoms with van der Waals surface area (Å²) in [6.45, 7) is 10.2. The zero-order valence-electron chi connectivity index (χ0n) is 19.2. The van der Waals surface area contributed by atoms with Crippen molar-refractivity contribution < 1.29 is 0 Å². The molecule has 1 aliphatic rings. The summed E-state index contributed by atoms with van der Waals surface area (Å²) >= 11 is 0. The molecular formula is C27H30N4Si. The van der Waals surface area contributed by atoms with Crippen LogP contribution in [0.4, 0.5) is 0 Å². The number of aromatic amines is 1. The Morgan fingerprint density at radius 1 is 0.906 bits per heavy atom. The van der Waals surface area contributed by atoms with Crippen LogP contribution in [0.1, 0.15) is 30.5 Å². The van der Waals surface area contributed by atoms with E-state index in [1.165, 1.54) is 43.5 Å². The molecule has 0 spiro atoms. The first-order chi connectivity index (χ1) is 15.4. The minimum absolute atomic E-state index is 0.827. The lowest BCUT2D eigenvalue weighted by atomic mass is 10.0. The quantitative estimate of drug-likeness (QED) is 0.315. The van der Waals surface area contributed by atoms with Crippen LogP contribution in [0, 0.1) is 11.5 Å². The van der Waals surface area contributed by atoms with E-state index in [1.807, 2.05) is 12.4 Å². The number of H-pyrrole nitrogens is 1. The predicted octanol–water partition coefficient (Wildman–Crippen LogP) is 5.99. The second kappa shape index (κ2) is 8.53. The number of nitrogens with one attached hydrogen (secondary N) is 1. The van der Waals surface area contributed by atoms with Crippen molar-refractivity contribution in [2.75, 3.05) is 13.1 Å². The maximum atomic E-state index is 4.70. The molecule has 162 valence electrons. The monoisotopic (exact) mass is 438 g/mol. The fourth-order valence-electron chi connectivity index (χ4n) is 4.33. The molecule has 32 heavy (non-hydrogen) atoms. The SMILES string of the molecule is C[Si](C)(C)C#Cc1cc2c(cn1)[nH]c1ncc(-c3ccc(CN4CCCCC4)cc3)cc12. The Morgan fingerprint density at radius 2 is 1.69 bits per heavy atom. The van der Waals surface area contributed by atoms with E-state index < -0.39 is 8.07 Å². The summed E-state index contributed by atoms with van der Waals surface area (Å²) in [7, 11) is -1.44. The number of nitrogens with zero attached hydrogens (tertiary/aromatic N) is 3. The van der Waals surface area contributed by atoms with Crippen molar-refractivity contribution in [3.05, 3.63) is 60.0 Å². The first-order valence-corrected chi connectivity index (χ1v) is 15.1. The summed E-state index contributed by atoms with van der Waals surface area (Å²) in [6, 6.07) is 13.3. The van der Waals surface area contributed by atoms with E-state index in [1.54, 1.807) is 0 Å². The number of benzene rings is 1. The molecule has 1 aromatic carbocycles. The molecule has 0 amide bonds. The molecule has 4 heterocycles. The van der Waals surface area contributed by atoms with Gasteiger partial charge in [0.25, 0.3) is 0 Å². The van der Waals surface area contributed by atoms with Gasteiger partial charge in [0.15, 0.2) is 0 Å². The van der Waals surface area contributed by atoms with Crippen molar-refractivity contribution in [1.29, 1.82) is 0 Å².